The van der Waals surface area contributed by atoms with Crippen LogP contribution >= 0.6 is 0 Å². The first-order valence-electron chi connectivity index (χ1n) is 9.97. The molecule has 0 radical (unpaired) electrons. The summed E-state index contributed by atoms with van der Waals surface area (Å²) in [5.41, 5.74) is 0.773. The number of aromatic hydroxyl groups is 2. The summed E-state index contributed by atoms with van der Waals surface area (Å²) < 4.78 is 5.86. The van der Waals surface area contributed by atoms with Crippen molar-refractivity contribution in [1.82, 2.24) is 10.2 Å². The molecule has 0 amide bonds. The Labute approximate surface area is 164 Å². The molecular formula is C21H30N2O5. The molecule has 4 N–H and O–H groups in total. The summed E-state index contributed by atoms with van der Waals surface area (Å²) in [6.45, 7) is 8.83. The molecule has 3 rings (SSSR count). The van der Waals surface area contributed by atoms with Gasteiger partial charge in [-0.2, -0.15) is 0 Å². The van der Waals surface area contributed by atoms with Gasteiger partial charge in [0.05, 0.1) is 5.56 Å². The lowest BCUT2D eigenvalue weighted by atomic mass is 9.79. The summed E-state index contributed by atoms with van der Waals surface area (Å²) in [6, 6.07) is 1.36. The number of aliphatic hydroxyl groups excluding tert-OH is 1. The van der Waals surface area contributed by atoms with Gasteiger partial charge in [-0.25, -0.2) is 0 Å². The van der Waals surface area contributed by atoms with E-state index < -0.39 is 0 Å². The summed E-state index contributed by atoms with van der Waals surface area (Å²) in [4.78, 5) is 14.8. The third-order valence-corrected chi connectivity index (χ3v) is 5.87. The molecule has 1 fully saturated rings. The fraction of sp³-hybridized carbons (Fsp3) is 0.571. The van der Waals surface area contributed by atoms with E-state index in [4.69, 9.17) is 4.42 Å². The van der Waals surface area contributed by atoms with Crippen molar-refractivity contribution in [2.75, 3.05) is 32.8 Å². The maximum absolute atomic E-state index is 12.7. The zero-order chi connectivity index (χ0) is 20.4. The monoisotopic (exact) mass is 390 g/mol. The number of nitrogens with one attached hydrogen (secondary N) is 1. The van der Waals surface area contributed by atoms with Gasteiger partial charge < -0.3 is 25.1 Å². The molecule has 0 saturated carbocycles. The van der Waals surface area contributed by atoms with Gasteiger partial charge in [-0.3, -0.25) is 9.69 Å². The molecule has 1 aliphatic heterocycles. The lowest BCUT2D eigenvalue weighted by Gasteiger charge is -2.33. The fourth-order valence-corrected chi connectivity index (χ4v) is 4.22. The van der Waals surface area contributed by atoms with Crippen LogP contribution in [0.1, 0.15) is 43.1 Å². The Morgan fingerprint density at radius 2 is 1.96 bits per heavy atom. The van der Waals surface area contributed by atoms with E-state index in [1.54, 1.807) is 6.92 Å². The van der Waals surface area contributed by atoms with E-state index in [-0.39, 0.29) is 46.3 Å². The number of phenolic OH excluding ortho intramolecular Hbond substituents is 2. The van der Waals surface area contributed by atoms with Crippen molar-refractivity contribution in [3.63, 3.8) is 0 Å². The normalized spacial score (nSPS) is 20.2. The lowest BCUT2D eigenvalue weighted by Crippen LogP contribution is -2.37. The van der Waals surface area contributed by atoms with E-state index in [2.05, 4.69) is 10.2 Å². The molecule has 1 aromatic heterocycles. The number of piperidine rings is 1. The Balaban J connectivity index is 2.32. The number of nitrogens with zero attached hydrogens (tertiary/aromatic N) is 1. The molecule has 2 aromatic rings. The maximum atomic E-state index is 12.7. The quantitative estimate of drug-likeness (QED) is 0.598. The molecule has 0 spiro atoms. The van der Waals surface area contributed by atoms with Crippen LogP contribution in [0.4, 0.5) is 0 Å². The Bertz CT molecular complexity index is 904. The summed E-state index contributed by atoms with van der Waals surface area (Å²) in [5, 5.41) is 35.3. The lowest BCUT2D eigenvalue weighted by molar-refractivity contribution is 0.178. The molecule has 2 atom stereocenters. The van der Waals surface area contributed by atoms with Gasteiger partial charge in [-0.15, -0.1) is 0 Å². The first-order valence-corrected chi connectivity index (χ1v) is 9.97. The largest absolute Gasteiger partial charge is 0.507 e. The molecule has 2 heterocycles. The average Bonchev–Trinajstić information content (AvgIpc) is 2.68. The molecule has 2 unspecified atom stereocenters. The molecule has 0 aliphatic carbocycles. The highest BCUT2D eigenvalue weighted by atomic mass is 16.3. The smallest absolute Gasteiger partial charge is 0.196 e. The van der Waals surface area contributed by atoms with Gasteiger partial charge >= 0.3 is 0 Å². The van der Waals surface area contributed by atoms with Gasteiger partial charge in [0.1, 0.15) is 28.2 Å². The van der Waals surface area contributed by atoms with Gasteiger partial charge in [0.15, 0.2) is 5.43 Å². The molecule has 7 nitrogen and oxygen atoms in total. The number of phenols is 2. The molecular weight excluding hydrogens is 360 g/mol. The van der Waals surface area contributed by atoms with Crippen molar-refractivity contribution in [3.05, 3.63) is 33.2 Å². The van der Waals surface area contributed by atoms with Crippen molar-refractivity contribution in [2.45, 2.75) is 39.7 Å². The molecule has 154 valence electrons. The number of aliphatic hydroxyl groups is 1. The summed E-state index contributed by atoms with van der Waals surface area (Å²) in [7, 11) is 0. The van der Waals surface area contributed by atoms with Crippen molar-refractivity contribution >= 4 is 11.0 Å². The van der Waals surface area contributed by atoms with E-state index in [0.29, 0.717) is 36.4 Å². The first kappa shape index (κ1) is 20.6. The highest BCUT2D eigenvalue weighted by Gasteiger charge is 2.34. The summed E-state index contributed by atoms with van der Waals surface area (Å²) in [5.74, 6) is -0.111. The number of benzene rings is 1. The van der Waals surface area contributed by atoms with E-state index in [0.717, 1.165) is 19.6 Å². The molecule has 0 bridgehead atoms. The first-order chi connectivity index (χ1) is 13.4. The second kappa shape index (κ2) is 8.51. The fourth-order valence-electron chi connectivity index (χ4n) is 4.22. The standard InChI is InChI=1S/C21H30N2O5/c1-4-23(5-2)10-15-19(26)17(14-6-7-22-9-13(14)11-24)21-18(20(15)27)16(25)8-12(3)28-21/h8,13-14,22,24,26-27H,4-7,9-11H2,1-3H3. The number of rotatable bonds is 6. The van der Waals surface area contributed by atoms with Gasteiger partial charge in [0.2, 0.25) is 0 Å². The Morgan fingerprint density at radius 1 is 1.25 bits per heavy atom. The van der Waals surface area contributed by atoms with Gasteiger partial charge in [-0.1, -0.05) is 13.8 Å². The van der Waals surface area contributed by atoms with E-state index in [1.807, 2.05) is 13.8 Å². The van der Waals surface area contributed by atoms with Crippen molar-refractivity contribution in [2.24, 2.45) is 5.92 Å². The highest BCUT2D eigenvalue weighted by molar-refractivity contribution is 5.90. The van der Waals surface area contributed by atoms with Crippen LogP contribution in [0.25, 0.3) is 11.0 Å². The van der Waals surface area contributed by atoms with Crippen molar-refractivity contribution in [1.29, 1.82) is 0 Å². The average molecular weight is 390 g/mol. The summed E-state index contributed by atoms with van der Waals surface area (Å²) in [6.07, 6.45) is 0.695. The molecule has 1 aliphatic rings. The van der Waals surface area contributed by atoms with Crippen LogP contribution in [0.3, 0.4) is 0 Å². The van der Waals surface area contributed by atoms with E-state index in [1.165, 1.54) is 6.07 Å². The second-order valence-corrected chi connectivity index (χ2v) is 7.52. The van der Waals surface area contributed by atoms with Crippen LogP contribution in [0.2, 0.25) is 0 Å². The van der Waals surface area contributed by atoms with Crippen LogP contribution < -0.4 is 10.7 Å². The number of fused-ring (bicyclic) bond motifs is 1. The molecule has 7 heteroatoms. The Hall–Kier alpha value is -2.09. The predicted octanol–water partition coefficient (Wildman–Crippen LogP) is 2.04. The van der Waals surface area contributed by atoms with Crippen molar-refractivity contribution in [3.8, 4) is 11.5 Å². The van der Waals surface area contributed by atoms with Crippen LogP contribution in [0.5, 0.6) is 11.5 Å². The number of hydrogen-bond donors (Lipinski definition) is 4. The van der Waals surface area contributed by atoms with Gasteiger partial charge in [0, 0.05) is 37.2 Å². The minimum Gasteiger partial charge on any atom is -0.507 e. The SMILES string of the molecule is CCN(CC)Cc1c(O)c(C2CCNCC2CO)c2oc(C)cc(=O)c2c1O. The van der Waals surface area contributed by atoms with E-state index in [9.17, 15) is 20.1 Å². The van der Waals surface area contributed by atoms with Crippen LogP contribution in [-0.2, 0) is 6.54 Å². The number of aryl methyl sites for hydroxylation is 1. The molecule has 1 aromatic carbocycles. The minimum absolute atomic E-state index is 0.0315. The third-order valence-electron chi connectivity index (χ3n) is 5.87. The second-order valence-electron chi connectivity index (χ2n) is 7.52. The summed E-state index contributed by atoms with van der Waals surface area (Å²) >= 11 is 0. The molecule has 1 saturated heterocycles. The highest BCUT2D eigenvalue weighted by Crippen LogP contribution is 2.46. The number of hydrogen-bond acceptors (Lipinski definition) is 7. The van der Waals surface area contributed by atoms with Crippen LogP contribution in [-0.4, -0.2) is 53.0 Å². The Morgan fingerprint density at radius 3 is 2.61 bits per heavy atom. The Kier molecular flexibility index (Phi) is 6.27. The van der Waals surface area contributed by atoms with Crippen LogP contribution in [0.15, 0.2) is 15.3 Å². The third kappa shape index (κ3) is 3.62. The van der Waals surface area contributed by atoms with Crippen molar-refractivity contribution < 1.29 is 19.7 Å². The van der Waals surface area contributed by atoms with Gasteiger partial charge in [0.25, 0.3) is 0 Å². The van der Waals surface area contributed by atoms with Crippen LogP contribution in [0, 0.1) is 12.8 Å². The van der Waals surface area contributed by atoms with Gasteiger partial charge in [-0.05, 0) is 38.9 Å². The minimum atomic E-state index is -0.326. The maximum Gasteiger partial charge on any atom is 0.196 e. The topological polar surface area (TPSA) is 106 Å². The zero-order valence-electron chi connectivity index (χ0n) is 16.8. The predicted molar refractivity (Wildman–Crippen MR) is 108 cm³/mol. The molecule has 28 heavy (non-hydrogen) atoms. The zero-order valence-corrected chi connectivity index (χ0v) is 16.8. The van der Waals surface area contributed by atoms with E-state index >= 15 is 0 Å².